The van der Waals surface area contributed by atoms with Crippen molar-refractivity contribution in [3.63, 3.8) is 0 Å². The van der Waals surface area contributed by atoms with Crippen molar-refractivity contribution in [3.8, 4) is 11.5 Å². The summed E-state index contributed by atoms with van der Waals surface area (Å²) in [6, 6.07) is 3.12. The Hall–Kier alpha value is -1.27. The second-order valence-electron chi connectivity index (χ2n) is 3.14. The van der Waals surface area contributed by atoms with Crippen molar-refractivity contribution in [3.05, 3.63) is 22.2 Å². The standard InChI is InChI=1S/C10H12BrNO4/c1-16-9-5(6(4-12)10(14)15)2-3-7(11)8(9)13/h2-3,6,13H,4,12H2,1H3,(H,14,15). The van der Waals surface area contributed by atoms with Crippen LogP contribution in [0.3, 0.4) is 0 Å². The lowest BCUT2D eigenvalue weighted by Gasteiger charge is -2.16. The normalized spacial score (nSPS) is 12.2. The third-order valence-corrected chi connectivity index (χ3v) is 2.87. The molecule has 1 atom stereocenters. The van der Waals surface area contributed by atoms with E-state index in [4.69, 9.17) is 15.6 Å². The molecule has 0 heterocycles. The van der Waals surface area contributed by atoms with E-state index in [0.29, 0.717) is 10.0 Å². The summed E-state index contributed by atoms with van der Waals surface area (Å²) in [7, 11) is 1.36. The van der Waals surface area contributed by atoms with Crippen molar-refractivity contribution in [2.24, 2.45) is 5.73 Å². The van der Waals surface area contributed by atoms with Crippen molar-refractivity contribution >= 4 is 21.9 Å². The molecule has 1 unspecified atom stereocenters. The quantitative estimate of drug-likeness (QED) is 0.777. The van der Waals surface area contributed by atoms with E-state index in [1.807, 2.05) is 0 Å². The molecule has 88 valence electrons. The van der Waals surface area contributed by atoms with Crippen molar-refractivity contribution in [2.75, 3.05) is 13.7 Å². The number of aromatic hydroxyl groups is 1. The molecule has 16 heavy (non-hydrogen) atoms. The monoisotopic (exact) mass is 289 g/mol. The Morgan fingerprint density at radius 1 is 1.62 bits per heavy atom. The van der Waals surface area contributed by atoms with E-state index in [1.54, 1.807) is 12.1 Å². The van der Waals surface area contributed by atoms with E-state index in [9.17, 15) is 9.90 Å². The van der Waals surface area contributed by atoms with Crippen molar-refractivity contribution in [2.45, 2.75) is 5.92 Å². The number of aliphatic carboxylic acids is 1. The third kappa shape index (κ3) is 2.28. The highest BCUT2D eigenvalue weighted by molar-refractivity contribution is 9.10. The fourth-order valence-corrected chi connectivity index (χ4v) is 1.72. The number of carboxylic acids is 1. The Balaban J connectivity index is 3.32. The van der Waals surface area contributed by atoms with Crippen LogP contribution in [0.2, 0.25) is 0 Å². The van der Waals surface area contributed by atoms with Gasteiger partial charge < -0.3 is 20.7 Å². The molecule has 0 radical (unpaired) electrons. The van der Waals surface area contributed by atoms with Crippen LogP contribution >= 0.6 is 15.9 Å². The van der Waals surface area contributed by atoms with Crippen LogP contribution < -0.4 is 10.5 Å². The molecule has 0 aliphatic rings. The molecule has 0 aliphatic heterocycles. The summed E-state index contributed by atoms with van der Waals surface area (Å²) in [6.45, 7) is -0.0627. The van der Waals surface area contributed by atoms with Crippen LogP contribution in [-0.4, -0.2) is 29.8 Å². The van der Waals surface area contributed by atoms with Gasteiger partial charge in [0.2, 0.25) is 0 Å². The Kier molecular flexibility index (Phi) is 4.14. The summed E-state index contributed by atoms with van der Waals surface area (Å²) in [5.74, 6) is -1.94. The van der Waals surface area contributed by atoms with Gasteiger partial charge in [-0.1, -0.05) is 6.07 Å². The number of methoxy groups -OCH3 is 1. The SMILES string of the molecule is COc1c(C(CN)C(=O)O)ccc(Br)c1O. The average Bonchev–Trinajstić information content (AvgIpc) is 2.24. The van der Waals surface area contributed by atoms with Gasteiger partial charge in [0.25, 0.3) is 0 Å². The molecule has 0 amide bonds. The van der Waals surface area contributed by atoms with Crippen LogP contribution in [0.1, 0.15) is 11.5 Å². The number of nitrogens with two attached hydrogens (primary N) is 1. The molecule has 0 aliphatic carbocycles. The van der Waals surface area contributed by atoms with E-state index in [-0.39, 0.29) is 18.0 Å². The zero-order chi connectivity index (χ0) is 12.3. The number of ether oxygens (including phenoxy) is 1. The van der Waals surface area contributed by atoms with Crippen LogP contribution in [0.25, 0.3) is 0 Å². The van der Waals surface area contributed by atoms with Crippen molar-refractivity contribution < 1.29 is 19.7 Å². The van der Waals surface area contributed by atoms with Gasteiger partial charge in [-0.2, -0.15) is 0 Å². The number of carboxylic acid groups (broad SMARTS) is 1. The molecular formula is C10H12BrNO4. The summed E-state index contributed by atoms with van der Waals surface area (Å²) >= 11 is 3.12. The van der Waals surface area contributed by atoms with Crippen LogP contribution in [0, 0.1) is 0 Å². The molecule has 1 aromatic rings. The van der Waals surface area contributed by atoms with Gasteiger partial charge in [0, 0.05) is 12.1 Å². The number of benzene rings is 1. The Labute approximate surface area is 101 Å². The minimum Gasteiger partial charge on any atom is -0.503 e. The first-order chi connectivity index (χ1) is 7.52. The molecule has 1 aromatic carbocycles. The smallest absolute Gasteiger partial charge is 0.312 e. The van der Waals surface area contributed by atoms with Gasteiger partial charge in [0.05, 0.1) is 17.5 Å². The second kappa shape index (κ2) is 5.18. The predicted octanol–water partition coefficient (Wildman–Crippen LogP) is 1.29. The number of carbonyl (C=O) groups is 1. The van der Waals surface area contributed by atoms with Crippen LogP contribution in [0.5, 0.6) is 11.5 Å². The van der Waals surface area contributed by atoms with E-state index >= 15 is 0 Å². The molecule has 1 rings (SSSR count). The van der Waals surface area contributed by atoms with Crippen molar-refractivity contribution in [1.29, 1.82) is 0 Å². The van der Waals surface area contributed by atoms with Gasteiger partial charge in [0.1, 0.15) is 0 Å². The lowest BCUT2D eigenvalue weighted by Crippen LogP contribution is -2.21. The number of hydrogen-bond donors (Lipinski definition) is 3. The molecule has 4 N–H and O–H groups in total. The van der Waals surface area contributed by atoms with Crippen LogP contribution in [0.15, 0.2) is 16.6 Å². The Morgan fingerprint density at radius 2 is 2.25 bits per heavy atom. The zero-order valence-electron chi connectivity index (χ0n) is 8.61. The van der Waals surface area contributed by atoms with Crippen molar-refractivity contribution in [1.82, 2.24) is 0 Å². The van der Waals surface area contributed by atoms with Gasteiger partial charge >= 0.3 is 5.97 Å². The Bertz CT molecular complexity index is 408. The summed E-state index contributed by atoms with van der Waals surface area (Å²) in [6.07, 6.45) is 0. The molecule has 0 bridgehead atoms. The third-order valence-electron chi connectivity index (χ3n) is 2.23. The van der Waals surface area contributed by atoms with Gasteiger partial charge in [-0.3, -0.25) is 4.79 Å². The fraction of sp³-hybridized carbons (Fsp3) is 0.300. The van der Waals surface area contributed by atoms with Crippen LogP contribution in [0.4, 0.5) is 0 Å². The summed E-state index contributed by atoms with van der Waals surface area (Å²) < 4.78 is 5.43. The summed E-state index contributed by atoms with van der Waals surface area (Å²) in [4.78, 5) is 11.0. The predicted molar refractivity (Wildman–Crippen MR) is 61.8 cm³/mol. The summed E-state index contributed by atoms with van der Waals surface area (Å²) in [5.41, 5.74) is 5.75. The van der Waals surface area contributed by atoms with E-state index in [1.165, 1.54) is 7.11 Å². The zero-order valence-corrected chi connectivity index (χ0v) is 10.2. The topological polar surface area (TPSA) is 92.8 Å². The molecule has 0 fully saturated rings. The first kappa shape index (κ1) is 12.8. The first-order valence-electron chi connectivity index (χ1n) is 4.51. The lowest BCUT2D eigenvalue weighted by molar-refractivity contribution is -0.138. The number of hydrogen-bond acceptors (Lipinski definition) is 4. The summed E-state index contributed by atoms with van der Waals surface area (Å²) in [5, 5.41) is 18.7. The molecule has 0 spiro atoms. The molecule has 5 nitrogen and oxygen atoms in total. The van der Waals surface area contributed by atoms with E-state index in [2.05, 4.69) is 15.9 Å². The minimum atomic E-state index is -1.05. The maximum absolute atomic E-state index is 11.0. The highest BCUT2D eigenvalue weighted by atomic mass is 79.9. The van der Waals surface area contributed by atoms with Gasteiger partial charge in [0.15, 0.2) is 11.5 Å². The molecular weight excluding hydrogens is 278 g/mol. The average molecular weight is 290 g/mol. The van der Waals surface area contributed by atoms with Crippen LogP contribution in [-0.2, 0) is 4.79 Å². The highest BCUT2D eigenvalue weighted by Gasteiger charge is 2.24. The molecule has 0 saturated carbocycles. The van der Waals surface area contributed by atoms with E-state index < -0.39 is 11.9 Å². The maximum Gasteiger partial charge on any atom is 0.312 e. The minimum absolute atomic E-state index is 0.0627. The van der Waals surface area contributed by atoms with Gasteiger partial charge in [-0.25, -0.2) is 0 Å². The second-order valence-corrected chi connectivity index (χ2v) is 4.00. The lowest BCUT2D eigenvalue weighted by atomic mass is 9.98. The van der Waals surface area contributed by atoms with Gasteiger partial charge in [-0.15, -0.1) is 0 Å². The molecule has 0 aromatic heterocycles. The number of phenolic OH excluding ortho intramolecular Hbond substituents is 1. The Morgan fingerprint density at radius 3 is 2.69 bits per heavy atom. The highest BCUT2D eigenvalue weighted by Crippen LogP contribution is 2.39. The molecule has 6 heteroatoms. The van der Waals surface area contributed by atoms with E-state index in [0.717, 1.165) is 0 Å². The maximum atomic E-state index is 11.0. The van der Waals surface area contributed by atoms with Gasteiger partial charge in [-0.05, 0) is 22.0 Å². The largest absolute Gasteiger partial charge is 0.503 e. The molecule has 0 saturated heterocycles. The number of rotatable bonds is 4. The number of halogens is 1. The first-order valence-corrected chi connectivity index (χ1v) is 5.30. The fourth-order valence-electron chi connectivity index (χ4n) is 1.41. The number of phenols is 1.